The predicted octanol–water partition coefficient (Wildman–Crippen LogP) is 2.94. The number of aromatic nitrogens is 2. The Balaban J connectivity index is 1.51. The van der Waals surface area contributed by atoms with Crippen molar-refractivity contribution in [2.45, 2.75) is 70.0 Å². The molecular weight excluding hydrogens is 262 g/mol. The number of ketones is 1. The highest BCUT2D eigenvalue weighted by Crippen LogP contribution is 2.37. The summed E-state index contributed by atoms with van der Waals surface area (Å²) in [5, 5.41) is 0. The van der Waals surface area contributed by atoms with Crippen molar-refractivity contribution in [2.24, 2.45) is 5.92 Å². The van der Waals surface area contributed by atoms with Gasteiger partial charge in [-0.3, -0.25) is 9.69 Å². The normalized spacial score (nSPS) is 31.0. The van der Waals surface area contributed by atoms with Gasteiger partial charge in [-0.2, -0.15) is 0 Å². The van der Waals surface area contributed by atoms with Crippen molar-refractivity contribution >= 4 is 5.78 Å². The van der Waals surface area contributed by atoms with Crippen molar-refractivity contribution in [2.75, 3.05) is 6.54 Å². The Bertz CT molecular complexity index is 520. The molecule has 2 heterocycles. The Morgan fingerprint density at radius 3 is 2.81 bits per heavy atom. The topological polar surface area (TPSA) is 38.1 Å². The number of carbonyl (C=O) groups excluding carboxylic acids is 1. The summed E-state index contributed by atoms with van der Waals surface area (Å²) in [6, 6.07) is 1.18. The van der Waals surface area contributed by atoms with E-state index in [1.807, 2.05) is 12.5 Å². The fraction of sp³-hybridized carbons (Fsp3) is 0.765. The van der Waals surface area contributed by atoms with Gasteiger partial charge in [-0.1, -0.05) is 6.42 Å². The minimum absolute atomic E-state index is 0.308. The quantitative estimate of drug-likeness (QED) is 0.854. The first kappa shape index (κ1) is 13.5. The number of rotatable bonds is 4. The molecule has 0 radical (unpaired) electrons. The molecule has 0 aromatic carbocycles. The van der Waals surface area contributed by atoms with Gasteiger partial charge in [0, 0.05) is 37.2 Å². The SMILES string of the molecule is O=C1CCCC1C1CCCCN1Cc1cncn1C1CC1. The Labute approximate surface area is 126 Å². The van der Waals surface area contributed by atoms with Crippen LogP contribution in [0, 0.1) is 5.92 Å². The lowest BCUT2D eigenvalue weighted by atomic mass is 9.88. The van der Waals surface area contributed by atoms with E-state index in [-0.39, 0.29) is 0 Å². The number of imidazole rings is 1. The molecule has 1 aromatic rings. The molecule has 2 unspecified atom stereocenters. The smallest absolute Gasteiger partial charge is 0.137 e. The number of Topliss-reactive ketones (excluding diaryl/α,β-unsaturated/α-hetero) is 1. The van der Waals surface area contributed by atoms with Crippen molar-refractivity contribution in [1.82, 2.24) is 14.5 Å². The Morgan fingerprint density at radius 2 is 2.05 bits per heavy atom. The molecule has 0 N–H and O–H groups in total. The van der Waals surface area contributed by atoms with Gasteiger partial charge in [-0.15, -0.1) is 0 Å². The molecule has 2 saturated carbocycles. The van der Waals surface area contributed by atoms with Crippen molar-refractivity contribution in [3.63, 3.8) is 0 Å². The second-order valence-electron chi connectivity index (χ2n) is 7.02. The standard InChI is InChI=1S/C17H25N3O/c21-17-6-3-4-15(17)16-5-1-2-9-19(16)11-14-10-18-12-20(14)13-7-8-13/h10,12-13,15-16H,1-9,11H2. The summed E-state index contributed by atoms with van der Waals surface area (Å²) in [7, 11) is 0. The van der Waals surface area contributed by atoms with Crippen LogP contribution in [0.25, 0.3) is 0 Å². The van der Waals surface area contributed by atoms with Crippen molar-refractivity contribution < 1.29 is 4.79 Å². The van der Waals surface area contributed by atoms with E-state index in [2.05, 4.69) is 14.5 Å². The highest BCUT2D eigenvalue weighted by Gasteiger charge is 2.37. The zero-order chi connectivity index (χ0) is 14.2. The van der Waals surface area contributed by atoms with E-state index < -0.39 is 0 Å². The van der Waals surface area contributed by atoms with Crippen LogP contribution >= 0.6 is 0 Å². The van der Waals surface area contributed by atoms with Gasteiger partial charge in [0.15, 0.2) is 0 Å². The number of nitrogens with zero attached hydrogens (tertiary/aromatic N) is 3. The van der Waals surface area contributed by atoms with Crippen molar-refractivity contribution in [1.29, 1.82) is 0 Å². The summed E-state index contributed by atoms with van der Waals surface area (Å²) in [6.07, 6.45) is 13.4. The van der Waals surface area contributed by atoms with Crippen LogP contribution in [0.4, 0.5) is 0 Å². The lowest BCUT2D eigenvalue weighted by Crippen LogP contribution is -2.45. The predicted molar refractivity (Wildman–Crippen MR) is 80.9 cm³/mol. The van der Waals surface area contributed by atoms with Crippen LogP contribution in [0.3, 0.4) is 0 Å². The zero-order valence-corrected chi connectivity index (χ0v) is 12.7. The molecule has 2 atom stereocenters. The number of carbonyl (C=O) groups is 1. The largest absolute Gasteiger partial charge is 0.330 e. The van der Waals surface area contributed by atoms with E-state index in [1.165, 1.54) is 37.8 Å². The molecule has 114 valence electrons. The molecule has 21 heavy (non-hydrogen) atoms. The molecule has 0 amide bonds. The van der Waals surface area contributed by atoms with E-state index in [0.717, 1.165) is 32.4 Å². The zero-order valence-electron chi connectivity index (χ0n) is 12.7. The summed E-state index contributed by atoms with van der Waals surface area (Å²) < 4.78 is 2.36. The van der Waals surface area contributed by atoms with Gasteiger partial charge in [-0.05, 0) is 45.1 Å². The van der Waals surface area contributed by atoms with E-state index in [0.29, 0.717) is 23.8 Å². The van der Waals surface area contributed by atoms with Gasteiger partial charge >= 0.3 is 0 Å². The molecular formula is C17H25N3O. The minimum atomic E-state index is 0.308. The first-order chi connectivity index (χ1) is 10.3. The number of likely N-dealkylation sites (tertiary alicyclic amines) is 1. The number of hydrogen-bond donors (Lipinski definition) is 0. The summed E-state index contributed by atoms with van der Waals surface area (Å²) in [6.45, 7) is 2.12. The first-order valence-electron chi connectivity index (χ1n) is 8.60. The van der Waals surface area contributed by atoms with E-state index in [9.17, 15) is 4.79 Å². The minimum Gasteiger partial charge on any atom is -0.330 e. The second-order valence-corrected chi connectivity index (χ2v) is 7.02. The highest BCUT2D eigenvalue weighted by molar-refractivity contribution is 5.83. The molecule has 1 aliphatic heterocycles. The monoisotopic (exact) mass is 287 g/mol. The van der Waals surface area contributed by atoms with Gasteiger partial charge < -0.3 is 4.57 Å². The molecule has 4 rings (SSSR count). The molecule has 0 spiro atoms. The Kier molecular flexibility index (Phi) is 3.57. The summed E-state index contributed by atoms with van der Waals surface area (Å²) in [4.78, 5) is 19.1. The van der Waals surface area contributed by atoms with Crippen LogP contribution in [-0.2, 0) is 11.3 Å². The molecule has 3 aliphatic rings. The third-order valence-electron chi connectivity index (χ3n) is 5.53. The maximum absolute atomic E-state index is 12.2. The summed E-state index contributed by atoms with van der Waals surface area (Å²) in [5.74, 6) is 0.824. The first-order valence-corrected chi connectivity index (χ1v) is 8.60. The summed E-state index contributed by atoms with van der Waals surface area (Å²) in [5.41, 5.74) is 1.34. The lowest BCUT2D eigenvalue weighted by molar-refractivity contribution is -0.123. The maximum Gasteiger partial charge on any atom is 0.137 e. The third-order valence-corrected chi connectivity index (χ3v) is 5.53. The fourth-order valence-electron chi connectivity index (χ4n) is 4.26. The Morgan fingerprint density at radius 1 is 1.14 bits per heavy atom. The molecule has 4 nitrogen and oxygen atoms in total. The van der Waals surface area contributed by atoms with Crippen LogP contribution in [-0.4, -0.2) is 32.8 Å². The van der Waals surface area contributed by atoms with Gasteiger partial charge in [-0.25, -0.2) is 4.98 Å². The third kappa shape index (κ3) is 2.66. The molecule has 2 aliphatic carbocycles. The van der Waals surface area contributed by atoms with Gasteiger partial charge in [0.2, 0.25) is 0 Å². The van der Waals surface area contributed by atoms with Crippen LogP contribution in [0.5, 0.6) is 0 Å². The number of piperidine rings is 1. The van der Waals surface area contributed by atoms with E-state index in [4.69, 9.17) is 0 Å². The van der Waals surface area contributed by atoms with Gasteiger partial charge in [0.25, 0.3) is 0 Å². The average molecular weight is 287 g/mol. The van der Waals surface area contributed by atoms with Crippen LogP contribution in [0.2, 0.25) is 0 Å². The van der Waals surface area contributed by atoms with Gasteiger partial charge in [0.1, 0.15) is 5.78 Å². The van der Waals surface area contributed by atoms with E-state index >= 15 is 0 Å². The molecule has 1 saturated heterocycles. The maximum atomic E-state index is 12.2. The molecule has 1 aromatic heterocycles. The summed E-state index contributed by atoms with van der Waals surface area (Å²) >= 11 is 0. The number of hydrogen-bond acceptors (Lipinski definition) is 3. The average Bonchev–Trinajstić information content (AvgIpc) is 3.09. The van der Waals surface area contributed by atoms with Crippen LogP contribution in [0.1, 0.15) is 63.1 Å². The van der Waals surface area contributed by atoms with Crippen molar-refractivity contribution in [3.8, 4) is 0 Å². The molecule has 4 heteroatoms. The molecule has 0 bridgehead atoms. The van der Waals surface area contributed by atoms with Crippen LogP contribution in [0.15, 0.2) is 12.5 Å². The highest BCUT2D eigenvalue weighted by atomic mass is 16.1. The van der Waals surface area contributed by atoms with Gasteiger partial charge in [0.05, 0.1) is 12.0 Å². The van der Waals surface area contributed by atoms with Crippen LogP contribution < -0.4 is 0 Å². The fourth-order valence-corrected chi connectivity index (χ4v) is 4.26. The van der Waals surface area contributed by atoms with Crippen molar-refractivity contribution in [3.05, 3.63) is 18.2 Å². The lowest BCUT2D eigenvalue weighted by Gasteiger charge is -2.38. The second kappa shape index (κ2) is 5.56. The van der Waals surface area contributed by atoms with E-state index in [1.54, 1.807) is 0 Å². The molecule has 3 fully saturated rings. The Hall–Kier alpha value is -1.16.